The fraction of sp³-hybridized carbons (Fsp3) is 0.0833. The molecule has 0 atom stereocenters. The number of hydrogen-bond acceptors (Lipinski definition) is 4. The zero-order valence-electron chi connectivity index (χ0n) is 10.2. The van der Waals surface area contributed by atoms with E-state index >= 15 is 0 Å². The molecule has 0 saturated carbocycles. The van der Waals surface area contributed by atoms with Crippen molar-refractivity contribution in [2.75, 3.05) is 5.73 Å². The van der Waals surface area contributed by atoms with Crippen LogP contribution in [0, 0.1) is 11.6 Å². The molecule has 8 heteroatoms. The van der Waals surface area contributed by atoms with Crippen molar-refractivity contribution in [3.8, 4) is 0 Å². The Morgan fingerprint density at radius 2 is 1.95 bits per heavy atom. The SMILES string of the molecule is Nc1ccc(S(=O)(=O)NCc2cc(F)ccc2F)cn1. The highest BCUT2D eigenvalue weighted by Gasteiger charge is 2.15. The molecule has 3 N–H and O–H groups in total. The number of nitrogens with one attached hydrogen (secondary N) is 1. The van der Waals surface area contributed by atoms with E-state index in [-0.39, 0.29) is 22.8 Å². The Hall–Kier alpha value is -2.06. The van der Waals surface area contributed by atoms with E-state index in [1.807, 2.05) is 0 Å². The lowest BCUT2D eigenvalue weighted by atomic mass is 10.2. The number of sulfonamides is 1. The quantitative estimate of drug-likeness (QED) is 0.894. The van der Waals surface area contributed by atoms with E-state index in [4.69, 9.17) is 5.73 Å². The zero-order valence-corrected chi connectivity index (χ0v) is 11.0. The molecular weight excluding hydrogens is 288 g/mol. The van der Waals surface area contributed by atoms with Gasteiger partial charge in [0.1, 0.15) is 22.3 Å². The van der Waals surface area contributed by atoms with Crippen LogP contribution in [0.3, 0.4) is 0 Å². The molecule has 2 aromatic rings. The second kappa shape index (κ2) is 5.51. The molecule has 0 saturated heterocycles. The Balaban J connectivity index is 2.17. The number of nitrogen functional groups attached to an aromatic ring is 1. The highest BCUT2D eigenvalue weighted by atomic mass is 32.2. The Morgan fingerprint density at radius 1 is 1.20 bits per heavy atom. The van der Waals surface area contributed by atoms with Crippen molar-refractivity contribution >= 4 is 15.8 Å². The largest absolute Gasteiger partial charge is 0.384 e. The number of halogens is 2. The summed E-state index contributed by atoms with van der Waals surface area (Å²) in [5.41, 5.74) is 5.27. The van der Waals surface area contributed by atoms with Crippen LogP contribution in [0.2, 0.25) is 0 Å². The zero-order chi connectivity index (χ0) is 14.8. The molecule has 1 aromatic carbocycles. The lowest BCUT2D eigenvalue weighted by molar-refractivity contribution is 0.567. The van der Waals surface area contributed by atoms with Gasteiger partial charge < -0.3 is 5.73 Å². The smallest absolute Gasteiger partial charge is 0.242 e. The van der Waals surface area contributed by atoms with E-state index in [2.05, 4.69) is 9.71 Å². The summed E-state index contributed by atoms with van der Waals surface area (Å²) in [6.45, 7) is -0.365. The minimum absolute atomic E-state index is 0.0861. The summed E-state index contributed by atoms with van der Waals surface area (Å²) in [4.78, 5) is 3.55. The summed E-state index contributed by atoms with van der Waals surface area (Å²) < 4.78 is 52.3. The van der Waals surface area contributed by atoms with Crippen molar-refractivity contribution in [3.05, 3.63) is 53.7 Å². The first-order valence-electron chi connectivity index (χ1n) is 5.53. The van der Waals surface area contributed by atoms with E-state index in [0.717, 1.165) is 24.4 Å². The van der Waals surface area contributed by atoms with E-state index in [1.54, 1.807) is 0 Å². The van der Waals surface area contributed by atoms with Crippen molar-refractivity contribution in [1.29, 1.82) is 0 Å². The lowest BCUT2D eigenvalue weighted by Crippen LogP contribution is -2.24. The number of hydrogen-bond donors (Lipinski definition) is 2. The van der Waals surface area contributed by atoms with Crippen molar-refractivity contribution in [2.24, 2.45) is 0 Å². The normalized spacial score (nSPS) is 11.5. The molecule has 1 aromatic heterocycles. The summed E-state index contributed by atoms with van der Waals surface area (Å²) in [6, 6.07) is 5.42. The Bertz CT molecular complexity index is 718. The molecule has 0 aliphatic heterocycles. The molecule has 0 aliphatic carbocycles. The van der Waals surface area contributed by atoms with Gasteiger partial charge in [-0.05, 0) is 30.3 Å². The van der Waals surface area contributed by atoms with Crippen LogP contribution in [0.25, 0.3) is 0 Å². The summed E-state index contributed by atoms with van der Waals surface area (Å²) in [5.74, 6) is -1.15. The molecule has 0 spiro atoms. The van der Waals surface area contributed by atoms with E-state index in [1.165, 1.54) is 12.1 Å². The van der Waals surface area contributed by atoms with Gasteiger partial charge in [-0.2, -0.15) is 0 Å². The maximum Gasteiger partial charge on any atom is 0.242 e. The highest BCUT2D eigenvalue weighted by molar-refractivity contribution is 7.89. The molecule has 2 rings (SSSR count). The maximum absolute atomic E-state index is 13.4. The average Bonchev–Trinajstić information content (AvgIpc) is 2.40. The number of nitrogens with zero attached hydrogens (tertiary/aromatic N) is 1. The van der Waals surface area contributed by atoms with Gasteiger partial charge in [0.25, 0.3) is 0 Å². The topological polar surface area (TPSA) is 85.1 Å². The molecule has 106 valence electrons. The van der Waals surface area contributed by atoms with Gasteiger partial charge in [-0.15, -0.1) is 0 Å². The van der Waals surface area contributed by atoms with Gasteiger partial charge in [0.05, 0.1) is 0 Å². The van der Waals surface area contributed by atoms with Crippen LogP contribution in [-0.4, -0.2) is 13.4 Å². The second-order valence-corrected chi connectivity index (χ2v) is 5.75. The number of pyridine rings is 1. The van der Waals surface area contributed by atoms with Crippen LogP contribution in [0.4, 0.5) is 14.6 Å². The molecule has 0 bridgehead atoms. The molecular formula is C12H11F2N3O2S. The molecule has 5 nitrogen and oxygen atoms in total. The predicted octanol–water partition coefficient (Wildman–Crippen LogP) is 1.42. The van der Waals surface area contributed by atoms with Crippen LogP contribution < -0.4 is 10.5 Å². The van der Waals surface area contributed by atoms with Gasteiger partial charge in [0.2, 0.25) is 10.0 Å². The molecule has 0 radical (unpaired) electrons. The monoisotopic (exact) mass is 299 g/mol. The summed E-state index contributed by atoms with van der Waals surface area (Å²) in [6.07, 6.45) is 1.08. The van der Waals surface area contributed by atoms with Crippen LogP contribution >= 0.6 is 0 Å². The third-order valence-electron chi connectivity index (χ3n) is 2.53. The van der Waals surface area contributed by atoms with E-state index in [0.29, 0.717) is 0 Å². The summed E-state index contributed by atoms with van der Waals surface area (Å²) >= 11 is 0. The van der Waals surface area contributed by atoms with Crippen molar-refractivity contribution in [2.45, 2.75) is 11.4 Å². The Morgan fingerprint density at radius 3 is 2.60 bits per heavy atom. The van der Waals surface area contributed by atoms with Gasteiger partial charge in [0.15, 0.2) is 0 Å². The summed E-state index contributed by atoms with van der Waals surface area (Å²) in [7, 11) is -3.86. The van der Waals surface area contributed by atoms with Crippen molar-refractivity contribution < 1.29 is 17.2 Å². The second-order valence-electron chi connectivity index (χ2n) is 3.98. The van der Waals surface area contributed by atoms with Gasteiger partial charge in [0, 0.05) is 18.3 Å². The Labute approximate surface area is 114 Å². The molecule has 0 aliphatic rings. The van der Waals surface area contributed by atoms with Crippen LogP contribution in [0.15, 0.2) is 41.4 Å². The van der Waals surface area contributed by atoms with Crippen molar-refractivity contribution in [1.82, 2.24) is 9.71 Å². The lowest BCUT2D eigenvalue weighted by Gasteiger charge is -2.07. The number of rotatable bonds is 4. The van der Waals surface area contributed by atoms with Crippen LogP contribution in [0.1, 0.15) is 5.56 Å². The average molecular weight is 299 g/mol. The third-order valence-corrected chi connectivity index (χ3v) is 3.92. The minimum Gasteiger partial charge on any atom is -0.384 e. The molecule has 1 heterocycles. The molecule has 20 heavy (non-hydrogen) atoms. The molecule has 0 unspecified atom stereocenters. The van der Waals surface area contributed by atoms with Gasteiger partial charge in [-0.3, -0.25) is 0 Å². The predicted molar refractivity (Wildman–Crippen MR) is 69.0 cm³/mol. The molecule has 0 fully saturated rings. The first-order valence-corrected chi connectivity index (χ1v) is 7.02. The maximum atomic E-state index is 13.4. The van der Waals surface area contributed by atoms with E-state index < -0.39 is 21.7 Å². The fourth-order valence-corrected chi connectivity index (χ4v) is 2.44. The van der Waals surface area contributed by atoms with Crippen LogP contribution in [-0.2, 0) is 16.6 Å². The first-order chi connectivity index (χ1) is 9.38. The summed E-state index contributed by atoms with van der Waals surface area (Å²) in [5, 5.41) is 0. The van der Waals surface area contributed by atoms with E-state index in [9.17, 15) is 17.2 Å². The third kappa shape index (κ3) is 3.28. The van der Waals surface area contributed by atoms with Gasteiger partial charge >= 0.3 is 0 Å². The Kier molecular flexibility index (Phi) is 3.96. The van der Waals surface area contributed by atoms with Crippen molar-refractivity contribution in [3.63, 3.8) is 0 Å². The molecule has 0 amide bonds. The number of anilines is 1. The standard InChI is InChI=1S/C12H11F2N3O2S/c13-9-1-3-11(14)8(5-9)6-17-20(18,19)10-2-4-12(15)16-7-10/h1-5,7,17H,6H2,(H2,15,16). The fourth-order valence-electron chi connectivity index (χ4n) is 1.49. The van der Waals surface area contributed by atoms with Crippen LogP contribution in [0.5, 0.6) is 0 Å². The minimum atomic E-state index is -3.86. The number of benzene rings is 1. The van der Waals surface area contributed by atoms with Gasteiger partial charge in [-0.25, -0.2) is 26.9 Å². The number of aromatic nitrogens is 1. The first kappa shape index (κ1) is 14.4. The van der Waals surface area contributed by atoms with Gasteiger partial charge in [-0.1, -0.05) is 0 Å². The highest BCUT2D eigenvalue weighted by Crippen LogP contribution is 2.12. The number of nitrogens with two attached hydrogens (primary N) is 1.